The lowest BCUT2D eigenvalue weighted by molar-refractivity contribution is -0.165. The van der Waals surface area contributed by atoms with Gasteiger partial charge in [0.25, 0.3) is 0 Å². The van der Waals surface area contributed by atoms with E-state index >= 15 is 0 Å². The maximum atomic E-state index is 12.0. The van der Waals surface area contributed by atoms with E-state index in [0.717, 1.165) is 50.5 Å². The summed E-state index contributed by atoms with van der Waals surface area (Å²) in [6.07, 6.45) is 14.2. The molecule has 0 radical (unpaired) electrons. The summed E-state index contributed by atoms with van der Waals surface area (Å²) >= 11 is 1.73. The molecular formula is C31H49NO3S. The van der Waals surface area contributed by atoms with E-state index in [0.29, 0.717) is 17.4 Å². The molecule has 4 nitrogen and oxygen atoms in total. The fourth-order valence-electron chi connectivity index (χ4n) is 9.94. The van der Waals surface area contributed by atoms with Crippen LogP contribution >= 0.6 is 11.3 Å². The number of fused-ring (bicyclic) bond motifs is 5. The molecule has 36 heavy (non-hydrogen) atoms. The van der Waals surface area contributed by atoms with Crippen LogP contribution in [0.25, 0.3) is 0 Å². The zero-order chi connectivity index (χ0) is 24.8. The lowest BCUT2D eigenvalue weighted by atomic mass is 9.44. The highest BCUT2D eigenvalue weighted by molar-refractivity contribution is 7.08. The van der Waals surface area contributed by atoms with Crippen molar-refractivity contribution >= 4 is 11.3 Å². The molecule has 2 heterocycles. The van der Waals surface area contributed by atoms with E-state index in [2.05, 4.69) is 35.6 Å². The van der Waals surface area contributed by atoms with E-state index < -0.39 is 5.60 Å². The average molecular weight is 516 g/mol. The first-order valence-electron chi connectivity index (χ1n) is 15.1. The van der Waals surface area contributed by atoms with Crippen LogP contribution in [-0.2, 0) is 15.1 Å². The maximum absolute atomic E-state index is 12.0. The van der Waals surface area contributed by atoms with Gasteiger partial charge in [-0.05, 0) is 135 Å². The molecule has 6 rings (SSSR count). The van der Waals surface area contributed by atoms with Crippen molar-refractivity contribution in [3.63, 3.8) is 0 Å². The summed E-state index contributed by atoms with van der Waals surface area (Å²) in [6.45, 7) is 11.0. The molecular weight excluding hydrogens is 466 g/mol. The molecule has 1 aromatic rings. The Labute approximate surface area is 223 Å². The Hall–Kier alpha value is -0.460. The highest BCUT2D eigenvalue weighted by Crippen LogP contribution is 2.70. The fourth-order valence-corrected chi connectivity index (χ4v) is 10.7. The summed E-state index contributed by atoms with van der Waals surface area (Å²) in [5, 5.41) is 16.3. The molecule has 1 aromatic heterocycles. The quantitative estimate of drug-likeness (QED) is 0.403. The Kier molecular flexibility index (Phi) is 7.35. The third-order valence-corrected chi connectivity index (χ3v) is 12.8. The van der Waals surface area contributed by atoms with Crippen LogP contribution in [0, 0.1) is 34.5 Å². The zero-order valence-electron chi connectivity index (χ0n) is 22.8. The number of hydrogen-bond donors (Lipinski definition) is 1. The van der Waals surface area contributed by atoms with E-state index in [1.807, 2.05) is 0 Å². The van der Waals surface area contributed by atoms with Crippen LogP contribution in [0.4, 0.5) is 0 Å². The zero-order valence-corrected chi connectivity index (χ0v) is 23.6. The molecule has 1 N–H and O–H groups in total. The number of likely N-dealkylation sites (tertiary alicyclic amines) is 1. The SMILES string of the molecule is C[C@]12CCC(OCCOCCN3CCCC3)CC1CC[C@@H]1[C@H]2CC[C@@]2(C)[C@H]1CCC2(O)c1ccsc1. The van der Waals surface area contributed by atoms with E-state index in [1.54, 1.807) is 11.3 Å². The van der Waals surface area contributed by atoms with Crippen molar-refractivity contribution in [2.45, 2.75) is 96.2 Å². The van der Waals surface area contributed by atoms with E-state index in [1.165, 1.54) is 82.9 Å². The van der Waals surface area contributed by atoms with Gasteiger partial charge in [0.15, 0.2) is 0 Å². The van der Waals surface area contributed by atoms with Crippen LogP contribution in [0.3, 0.4) is 0 Å². The normalized spacial score (nSPS) is 44.8. The summed E-state index contributed by atoms with van der Waals surface area (Å²) in [5.74, 6) is 3.09. The van der Waals surface area contributed by atoms with Gasteiger partial charge < -0.3 is 19.5 Å². The maximum Gasteiger partial charge on any atom is 0.0960 e. The molecule has 1 aliphatic heterocycles. The molecule has 5 heteroatoms. The first kappa shape index (κ1) is 25.8. The van der Waals surface area contributed by atoms with Crippen LogP contribution in [-0.4, -0.2) is 55.6 Å². The van der Waals surface area contributed by atoms with Crippen molar-refractivity contribution in [3.05, 3.63) is 22.4 Å². The van der Waals surface area contributed by atoms with Crippen LogP contribution in [0.15, 0.2) is 16.8 Å². The number of rotatable bonds is 8. The highest BCUT2D eigenvalue weighted by Gasteiger charge is 2.65. The Morgan fingerprint density at radius 3 is 2.61 bits per heavy atom. The summed E-state index contributed by atoms with van der Waals surface area (Å²) < 4.78 is 12.3. The summed E-state index contributed by atoms with van der Waals surface area (Å²) in [4.78, 5) is 2.52. The Balaban J connectivity index is 1.02. The van der Waals surface area contributed by atoms with Gasteiger partial charge in [-0.25, -0.2) is 0 Å². The third-order valence-electron chi connectivity index (χ3n) is 12.1. The van der Waals surface area contributed by atoms with Gasteiger partial charge in [-0.3, -0.25) is 0 Å². The van der Waals surface area contributed by atoms with Gasteiger partial charge >= 0.3 is 0 Å². The number of aliphatic hydroxyl groups is 1. The smallest absolute Gasteiger partial charge is 0.0960 e. The number of nitrogens with zero attached hydrogens (tertiary/aromatic N) is 1. The van der Waals surface area contributed by atoms with Gasteiger partial charge in [0.2, 0.25) is 0 Å². The number of hydrogen-bond acceptors (Lipinski definition) is 5. The Morgan fingerprint density at radius 1 is 0.972 bits per heavy atom. The second kappa shape index (κ2) is 10.3. The van der Waals surface area contributed by atoms with Gasteiger partial charge in [0.05, 0.1) is 31.5 Å². The minimum Gasteiger partial charge on any atom is -0.385 e. The Morgan fingerprint density at radius 2 is 1.81 bits per heavy atom. The fraction of sp³-hybridized carbons (Fsp3) is 0.871. The van der Waals surface area contributed by atoms with Crippen LogP contribution in [0.5, 0.6) is 0 Å². The molecule has 0 aromatic carbocycles. The van der Waals surface area contributed by atoms with Crippen LogP contribution in [0.2, 0.25) is 0 Å². The molecule has 202 valence electrons. The topological polar surface area (TPSA) is 41.9 Å². The van der Waals surface area contributed by atoms with Crippen molar-refractivity contribution in [2.24, 2.45) is 34.5 Å². The standard InChI is InChI=1S/C31H49NO3S/c1-29-11-7-25(35-19-18-34-17-16-32-14-3-4-15-32)21-23(29)5-6-26-27(29)8-12-30(2)28(26)9-13-31(30,33)24-10-20-36-22-24/h10,20,22-23,25-28,33H,3-9,11-19,21H2,1-2H3/t23?,25?,26-,27-,28+,29+,30+,31?/m1/s1. The number of ether oxygens (including phenoxy) is 2. The summed E-state index contributed by atoms with van der Waals surface area (Å²) in [5.41, 5.74) is 1.06. The van der Waals surface area contributed by atoms with Crippen LogP contribution < -0.4 is 0 Å². The molecule has 1 saturated heterocycles. The van der Waals surface area contributed by atoms with Gasteiger partial charge in [-0.2, -0.15) is 11.3 Å². The molecule has 0 spiro atoms. The lowest BCUT2D eigenvalue weighted by Crippen LogP contribution is -2.56. The molecule has 3 unspecified atom stereocenters. The van der Waals surface area contributed by atoms with Gasteiger partial charge in [0.1, 0.15) is 0 Å². The lowest BCUT2D eigenvalue weighted by Gasteiger charge is -2.61. The van der Waals surface area contributed by atoms with E-state index in [-0.39, 0.29) is 5.41 Å². The predicted octanol–water partition coefficient (Wildman–Crippen LogP) is 6.48. The molecule has 8 atom stereocenters. The van der Waals surface area contributed by atoms with Crippen molar-refractivity contribution in [1.82, 2.24) is 4.90 Å². The van der Waals surface area contributed by atoms with Gasteiger partial charge in [0, 0.05) is 12.0 Å². The molecule has 5 aliphatic rings. The number of thiophene rings is 1. The van der Waals surface area contributed by atoms with E-state index in [4.69, 9.17) is 9.47 Å². The molecule has 4 aliphatic carbocycles. The molecule has 0 amide bonds. The molecule has 4 saturated carbocycles. The second-order valence-corrected chi connectivity index (χ2v) is 14.2. The van der Waals surface area contributed by atoms with Crippen molar-refractivity contribution < 1.29 is 14.6 Å². The van der Waals surface area contributed by atoms with Crippen LogP contribution in [0.1, 0.15) is 90.0 Å². The van der Waals surface area contributed by atoms with Crippen molar-refractivity contribution in [1.29, 1.82) is 0 Å². The molecule has 5 fully saturated rings. The Bertz CT molecular complexity index is 871. The third kappa shape index (κ3) is 4.33. The minimum absolute atomic E-state index is 0.0352. The minimum atomic E-state index is -0.623. The summed E-state index contributed by atoms with van der Waals surface area (Å²) in [7, 11) is 0. The average Bonchev–Trinajstić information content (AvgIpc) is 3.64. The predicted molar refractivity (Wildman–Crippen MR) is 146 cm³/mol. The van der Waals surface area contributed by atoms with Crippen molar-refractivity contribution in [3.8, 4) is 0 Å². The van der Waals surface area contributed by atoms with Crippen molar-refractivity contribution in [2.75, 3.05) is 39.5 Å². The second-order valence-electron chi connectivity index (χ2n) is 13.5. The first-order chi connectivity index (χ1) is 17.4. The highest BCUT2D eigenvalue weighted by atomic mass is 32.1. The van der Waals surface area contributed by atoms with E-state index in [9.17, 15) is 5.11 Å². The van der Waals surface area contributed by atoms with Gasteiger partial charge in [-0.1, -0.05) is 13.8 Å². The molecule has 0 bridgehead atoms. The largest absolute Gasteiger partial charge is 0.385 e. The monoisotopic (exact) mass is 515 g/mol. The van der Waals surface area contributed by atoms with Gasteiger partial charge in [-0.15, -0.1) is 0 Å². The summed E-state index contributed by atoms with van der Waals surface area (Å²) in [6, 6.07) is 2.18. The first-order valence-corrected chi connectivity index (χ1v) is 16.1.